The molecule has 0 N–H and O–H groups in total. The Bertz CT molecular complexity index is 849. The van der Waals surface area contributed by atoms with E-state index in [2.05, 4.69) is 6.58 Å². The van der Waals surface area contributed by atoms with Gasteiger partial charge >= 0.3 is 0 Å². The zero-order chi connectivity index (χ0) is 15.5. The van der Waals surface area contributed by atoms with Crippen molar-refractivity contribution in [3.8, 4) is 5.75 Å². The standard InChI is InChI=1S/C18H17N2O2/c1-3-19-13-20(16-10-6-5-9-15(16)19)12-17(21)14-8-4-7-11-18(14)22-2/h3-11,13H,1,12H2,2H3/q+1. The van der Waals surface area contributed by atoms with Gasteiger partial charge in [-0.05, 0) is 24.3 Å². The molecule has 0 amide bonds. The van der Waals surface area contributed by atoms with E-state index in [-0.39, 0.29) is 12.3 Å². The Labute approximate surface area is 128 Å². The zero-order valence-electron chi connectivity index (χ0n) is 12.4. The lowest BCUT2D eigenvalue weighted by molar-refractivity contribution is -0.657. The summed E-state index contributed by atoms with van der Waals surface area (Å²) in [6.07, 6.45) is 3.61. The normalized spacial score (nSPS) is 10.6. The maximum atomic E-state index is 12.6. The highest BCUT2D eigenvalue weighted by atomic mass is 16.5. The Kier molecular flexibility index (Phi) is 3.74. The van der Waals surface area contributed by atoms with E-state index in [0.717, 1.165) is 11.0 Å². The van der Waals surface area contributed by atoms with Crippen LogP contribution >= 0.6 is 0 Å². The first-order valence-corrected chi connectivity index (χ1v) is 7.02. The van der Waals surface area contributed by atoms with Gasteiger partial charge in [0.05, 0.1) is 18.9 Å². The molecule has 0 atom stereocenters. The number of benzene rings is 2. The molecule has 2 aromatic carbocycles. The summed E-state index contributed by atoms with van der Waals surface area (Å²) in [7, 11) is 1.57. The van der Waals surface area contributed by atoms with Gasteiger partial charge in [0, 0.05) is 0 Å². The number of ketones is 1. The second-order valence-electron chi connectivity index (χ2n) is 4.95. The molecule has 0 bridgehead atoms. The number of imidazole rings is 1. The summed E-state index contributed by atoms with van der Waals surface area (Å²) >= 11 is 0. The van der Waals surface area contributed by atoms with E-state index >= 15 is 0 Å². The molecule has 0 saturated heterocycles. The van der Waals surface area contributed by atoms with E-state index in [4.69, 9.17) is 4.74 Å². The number of Topliss-reactive ketones (excluding diaryl/α,β-unsaturated/α-hetero) is 1. The summed E-state index contributed by atoms with van der Waals surface area (Å²) in [6, 6.07) is 15.2. The van der Waals surface area contributed by atoms with Crippen molar-refractivity contribution in [1.29, 1.82) is 0 Å². The first kappa shape index (κ1) is 14.1. The lowest BCUT2D eigenvalue weighted by atomic mass is 10.1. The van der Waals surface area contributed by atoms with Crippen LogP contribution in [0.25, 0.3) is 17.2 Å². The van der Waals surface area contributed by atoms with Gasteiger partial charge in [0.2, 0.25) is 12.1 Å². The summed E-state index contributed by atoms with van der Waals surface area (Å²) in [4.78, 5) is 12.6. The van der Waals surface area contributed by atoms with Gasteiger partial charge in [0.1, 0.15) is 5.75 Å². The second-order valence-corrected chi connectivity index (χ2v) is 4.95. The highest BCUT2D eigenvalue weighted by molar-refractivity contribution is 5.97. The second kappa shape index (κ2) is 5.85. The summed E-state index contributed by atoms with van der Waals surface area (Å²) in [5.74, 6) is 0.606. The minimum atomic E-state index is 0.00872. The SMILES string of the molecule is C=Cn1c[n+](CC(=O)c2ccccc2OC)c2ccccc21. The highest BCUT2D eigenvalue weighted by Crippen LogP contribution is 2.18. The molecule has 0 aliphatic rings. The molecule has 110 valence electrons. The number of para-hydroxylation sites is 3. The minimum Gasteiger partial charge on any atom is -0.496 e. The third-order valence-electron chi connectivity index (χ3n) is 3.65. The Hall–Kier alpha value is -2.88. The average molecular weight is 293 g/mol. The fraction of sp³-hybridized carbons (Fsp3) is 0.111. The number of rotatable bonds is 5. The van der Waals surface area contributed by atoms with Crippen molar-refractivity contribution in [2.24, 2.45) is 0 Å². The summed E-state index contributed by atoms with van der Waals surface area (Å²) in [6.45, 7) is 4.06. The van der Waals surface area contributed by atoms with Crippen molar-refractivity contribution in [2.45, 2.75) is 6.54 Å². The smallest absolute Gasteiger partial charge is 0.249 e. The van der Waals surface area contributed by atoms with Crippen molar-refractivity contribution in [1.82, 2.24) is 4.57 Å². The zero-order valence-corrected chi connectivity index (χ0v) is 12.4. The first-order chi connectivity index (χ1) is 10.7. The van der Waals surface area contributed by atoms with Crippen LogP contribution in [0.1, 0.15) is 10.4 Å². The van der Waals surface area contributed by atoms with E-state index in [9.17, 15) is 4.79 Å². The molecule has 4 nitrogen and oxygen atoms in total. The lowest BCUT2D eigenvalue weighted by Gasteiger charge is -2.05. The summed E-state index contributed by atoms with van der Waals surface area (Å²) in [5.41, 5.74) is 2.60. The molecule has 0 radical (unpaired) electrons. The number of carbonyl (C=O) groups is 1. The Morgan fingerprint density at radius 3 is 2.73 bits per heavy atom. The van der Waals surface area contributed by atoms with E-state index in [0.29, 0.717) is 11.3 Å². The molecule has 3 rings (SSSR count). The molecular weight excluding hydrogens is 276 g/mol. The van der Waals surface area contributed by atoms with E-state index < -0.39 is 0 Å². The van der Waals surface area contributed by atoms with E-state index in [1.807, 2.05) is 51.9 Å². The Morgan fingerprint density at radius 2 is 1.95 bits per heavy atom. The van der Waals surface area contributed by atoms with Gasteiger partial charge in [-0.1, -0.05) is 30.8 Å². The maximum Gasteiger partial charge on any atom is 0.249 e. The van der Waals surface area contributed by atoms with Crippen LogP contribution in [0.3, 0.4) is 0 Å². The third kappa shape index (κ3) is 2.39. The van der Waals surface area contributed by atoms with Crippen LogP contribution in [0, 0.1) is 0 Å². The molecule has 0 spiro atoms. The fourth-order valence-corrected chi connectivity index (χ4v) is 2.59. The first-order valence-electron chi connectivity index (χ1n) is 7.02. The number of fused-ring (bicyclic) bond motifs is 1. The number of hydrogen-bond donors (Lipinski definition) is 0. The predicted octanol–water partition coefficient (Wildman–Crippen LogP) is 2.92. The van der Waals surface area contributed by atoms with Gasteiger partial charge < -0.3 is 4.74 Å². The van der Waals surface area contributed by atoms with Crippen LogP contribution in [0.4, 0.5) is 0 Å². The molecular formula is C18H17N2O2+. The van der Waals surface area contributed by atoms with Crippen LogP contribution in [-0.2, 0) is 6.54 Å². The predicted molar refractivity (Wildman–Crippen MR) is 85.8 cm³/mol. The van der Waals surface area contributed by atoms with Crippen molar-refractivity contribution in [3.63, 3.8) is 0 Å². The Morgan fingerprint density at radius 1 is 1.23 bits per heavy atom. The lowest BCUT2D eigenvalue weighted by Crippen LogP contribution is -2.36. The molecule has 1 heterocycles. The van der Waals surface area contributed by atoms with Gasteiger partial charge in [-0.2, -0.15) is 0 Å². The fourth-order valence-electron chi connectivity index (χ4n) is 2.59. The third-order valence-corrected chi connectivity index (χ3v) is 3.65. The molecule has 22 heavy (non-hydrogen) atoms. The molecule has 0 saturated carbocycles. The van der Waals surface area contributed by atoms with Gasteiger partial charge in [0.15, 0.2) is 17.6 Å². The number of methoxy groups -OCH3 is 1. The van der Waals surface area contributed by atoms with Crippen LogP contribution in [0.5, 0.6) is 5.75 Å². The average Bonchev–Trinajstić information content (AvgIpc) is 2.93. The highest BCUT2D eigenvalue weighted by Gasteiger charge is 2.19. The van der Waals surface area contributed by atoms with Crippen molar-refractivity contribution in [3.05, 3.63) is 67.0 Å². The summed E-state index contributed by atoms with van der Waals surface area (Å²) in [5, 5.41) is 0. The molecule has 0 fully saturated rings. The van der Waals surface area contributed by atoms with Gasteiger partial charge in [0.25, 0.3) is 0 Å². The number of ether oxygens (including phenoxy) is 1. The molecule has 3 aromatic rings. The Balaban J connectivity index is 2.00. The molecule has 0 unspecified atom stereocenters. The maximum absolute atomic E-state index is 12.6. The number of aromatic nitrogens is 2. The van der Waals surface area contributed by atoms with Crippen molar-refractivity contribution in [2.75, 3.05) is 7.11 Å². The van der Waals surface area contributed by atoms with Crippen molar-refractivity contribution >= 4 is 23.0 Å². The van der Waals surface area contributed by atoms with Crippen LogP contribution in [-0.4, -0.2) is 17.5 Å². The molecule has 1 aromatic heterocycles. The number of carbonyl (C=O) groups excluding carboxylic acids is 1. The van der Waals surface area contributed by atoms with Gasteiger partial charge in [-0.3, -0.25) is 4.79 Å². The largest absolute Gasteiger partial charge is 0.496 e. The quantitative estimate of drug-likeness (QED) is 0.535. The molecule has 4 heteroatoms. The number of nitrogens with zero attached hydrogens (tertiary/aromatic N) is 2. The van der Waals surface area contributed by atoms with Crippen molar-refractivity contribution < 1.29 is 14.1 Å². The van der Waals surface area contributed by atoms with Crippen LogP contribution in [0.2, 0.25) is 0 Å². The minimum absolute atomic E-state index is 0.00872. The van der Waals surface area contributed by atoms with Crippen LogP contribution in [0.15, 0.2) is 61.4 Å². The van der Waals surface area contributed by atoms with Gasteiger partial charge in [-0.25, -0.2) is 9.13 Å². The monoisotopic (exact) mass is 293 g/mol. The van der Waals surface area contributed by atoms with Crippen LogP contribution < -0.4 is 9.30 Å². The number of hydrogen-bond acceptors (Lipinski definition) is 2. The van der Waals surface area contributed by atoms with Gasteiger partial charge in [-0.15, -0.1) is 0 Å². The molecule has 0 aliphatic heterocycles. The molecule has 0 aliphatic carbocycles. The van der Waals surface area contributed by atoms with E-state index in [1.165, 1.54) is 0 Å². The topological polar surface area (TPSA) is 35.1 Å². The summed E-state index contributed by atoms with van der Waals surface area (Å²) < 4.78 is 9.10. The van der Waals surface area contributed by atoms with E-state index in [1.54, 1.807) is 25.4 Å².